The van der Waals surface area contributed by atoms with Gasteiger partial charge in [0.2, 0.25) is 0 Å². The fourth-order valence-electron chi connectivity index (χ4n) is 0.867. The minimum absolute atomic E-state index is 0.285. The second-order valence-corrected chi connectivity index (χ2v) is 4.89. The summed E-state index contributed by atoms with van der Waals surface area (Å²) in [7, 11) is 0. The maximum absolute atomic E-state index is 10.3. The molecule has 4 nitrogen and oxygen atoms in total. The van der Waals surface area contributed by atoms with Crippen LogP contribution in [0.25, 0.3) is 0 Å². The summed E-state index contributed by atoms with van der Waals surface area (Å²) in [5, 5.41) is 8.28. The molecule has 5 heteroatoms. The van der Waals surface area contributed by atoms with Crippen molar-refractivity contribution in [3.8, 4) is 0 Å². The zero-order valence-electron chi connectivity index (χ0n) is 6.82. The summed E-state index contributed by atoms with van der Waals surface area (Å²) in [6, 6.07) is 0. The fraction of sp³-hybridized carbons (Fsp3) is 0.250. The van der Waals surface area contributed by atoms with Crippen molar-refractivity contribution in [3.05, 3.63) is 21.1 Å². The number of carboxylic acid groups (broad SMARTS) is 1. The van der Waals surface area contributed by atoms with Crippen molar-refractivity contribution in [2.45, 2.75) is 0 Å². The molecule has 0 aromatic carbocycles. The summed E-state index contributed by atoms with van der Waals surface area (Å²) in [6.45, 7) is -0.00522. The summed E-state index contributed by atoms with van der Waals surface area (Å²) in [6.07, 6.45) is 2.62. The normalized spacial score (nSPS) is 18.2. The summed E-state index contributed by atoms with van der Waals surface area (Å²) in [5.41, 5.74) is 0.920. The molecule has 0 aliphatic carbocycles. The Bertz CT molecular complexity index is 280. The molecule has 1 heterocycles. The molecule has 0 unspecified atom stereocenters. The van der Waals surface area contributed by atoms with Crippen LogP contribution in [-0.2, 0) is 14.3 Å². The molecule has 1 aliphatic rings. The van der Waals surface area contributed by atoms with Crippen LogP contribution in [0.4, 0.5) is 0 Å². The van der Waals surface area contributed by atoms with Gasteiger partial charge >= 0.3 is 81.0 Å². The van der Waals surface area contributed by atoms with E-state index in [0.29, 0.717) is 0 Å². The van der Waals surface area contributed by atoms with Gasteiger partial charge in [-0.05, 0) is 0 Å². The molecule has 0 saturated heterocycles. The Morgan fingerprint density at radius 1 is 1.69 bits per heavy atom. The summed E-state index contributed by atoms with van der Waals surface area (Å²) in [4.78, 5) is 22.4. The van der Waals surface area contributed by atoms with Gasteiger partial charge in [-0.15, -0.1) is 0 Å². The van der Waals surface area contributed by atoms with E-state index in [9.17, 15) is 9.59 Å². The van der Waals surface area contributed by atoms with E-state index in [1.807, 2.05) is 4.97 Å². The molecular formula is C8H10O4Se. The van der Waals surface area contributed by atoms with Crippen LogP contribution in [0.5, 0.6) is 0 Å². The molecule has 0 atom stereocenters. The second-order valence-electron chi connectivity index (χ2n) is 2.47. The third kappa shape index (κ3) is 3.55. The first kappa shape index (κ1) is 10.2. The van der Waals surface area contributed by atoms with Crippen molar-refractivity contribution in [3.63, 3.8) is 0 Å². The summed E-state index contributed by atoms with van der Waals surface area (Å²) < 4.78 is 5.69. The number of aliphatic carboxylic acids is 1. The summed E-state index contributed by atoms with van der Waals surface area (Å²) >= 11 is -0.419. The first-order chi connectivity index (χ1) is 6.22. The number of hydrogen-bond donors (Lipinski definition) is 1. The van der Waals surface area contributed by atoms with Gasteiger partial charge in [-0.2, -0.15) is 0 Å². The van der Waals surface area contributed by atoms with Crippen LogP contribution in [0.3, 0.4) is 0 Å². The zero-order chi connectivity index (χ0) is 9.68. The van der Waals surface area contributed by atoms with E-state index in [4.69, 9.17) is 9.84 Å². The molecule has 1 rings (SSSR count). The standard InChI is InChI=1S/C8H10O4Se/c9-2-7-1-6(5-13-7)3-12-4-8(10)11/h1-2,5H,3-4,13H2,(H,10,11). The van der Waals surface area contributed by atoms with E-state index in [0.717, 1.165) is 16.3 Å². The van der Waals surface area contributed by atoms with Crippen molar-refractivity contribution >= 4 is 27.2 Å². The van der Waals surface area contributed by atoms with Crippen molar-refractivity contribution in [2.24, 2.45) is 0 Å². The average molecular weight is 249 g/mol. The zero-order valence-corrected chi connectivity index (χ0v) is 8.92. The second kappa shape index (κ2) is 4.97. The number of allylic oxidation sites excluding steroid dienone is 1. The number of aldehydes is 1. The molecule has 72 valence electrons. The van der Waals surface area contributed by atoms with Gasteiger partial charge in [0.15, 0.2) is 0 Å². The molecule has 0 aromatic rings. The molecule has 0 bridgehead atoms. The Kier molecular flexibility index (Phi) is 3.89. The third-order valence-corrected chi connectivity index (χ3v) is 3.72. The van der Waals surface area contributed by atoms with Gasteiger partial charge in [0.25, 0.3) is 0 Å². The number of carbonyl (C=O) groups excluding carboxylic acids is 1. The molecule has 0 spiro atoms. The van der Waals surface area contributed by atoms with E-state index < -0.39 is 20.9 Å². The van der Waals surface area contributed by atoms with Gasteiger partial charge in [0, 0.05) is 0 Å². The van der Waals surface area contributed by atoms with E-state index in [2.05, 4.69) is 0 Å². The molecule has 0 fully saturated rings. The van der Waals surface area contributed by atoms with Crippen LogP contribution in [-0.4, -0.2) is 45.5 Å². The number of rotatable bonds is 5. The molecular weight excluding hydrogens is 239 g/mol. The van der Waals surface area contributed by atoms with E-state index in [-0.39, 0.29) is 13.2 Å². The predicted molar refractivity (Wildman–Crippen MR) is 49.2 cm³/mol. The molecule has 1 aliphatic heterocycles. The maximum atomic E-state index is 10.3. The van der Waals surface area contributed by atoms with Crippen molar-refractivity contribution in [1.29, 1.82) is 0 Å². The van der Waals surface area contributed by atoms with E-state index >= 15 is 0 Å². The van der Waals surface area contributed by atoms with E-state index in [1.165, 1.54) is 0 Å². The van der Waals surface area contributed by atoms with Gasteiger partial charge in [0.05, 0.1) is 0 Å². The van der Waals surface area contributed by atoms with E-state index in [1.54, 1.807) is 6.08 Å². The Hall–Kier alpha value is -0.901. The summed E-state index contributed by atoms with van der Waals surface area (Å²) in [5.74, 6) is -0.978. The van der Waals surface area contributed by atoms with Crippen LogP contribution < -0.4 is 0 Å². The first-order valence-corrected chi connectivity index (χ1v) is 5.90. The Balaban J connectivity index is 2.27. The monoisotopic (exact) mass is 250 g/mol. The molecule has 0 radical (unpaired) electrons. The predicted octanol–water partition coefficient (Wildman–Crippen LogP) is -0.763. The first-order valence-electron chi connectivity index (χ1n) is 3.64. The fourth-order valence-corrected chi connectivity index (χ4v) is 2.66. The van der Waals surface area contributed by atoms with Crippen LogP contribution in [0.15, 0.2) is 21.1 Å². The van der Waals surface area contributed by atoms with Gasteiger partial charge < -0.3 is 0 Å². The quantitative estimate of drug-likeness (QED) is 0.513. The van der Waals surface area contributed by atoms with Crippen LogP contribution >= 0.6 is 0 Å². The SMILES string of the molecule is O=CC1=CC(COCC(=O)O)=C[SeH2]1. The average Bonchev–Trinajstić information content (AvgIpc) is 2.52. The minimum atomic E-state index is -0.978. The van der Waals surface area contributed by atoms with Crippen molar-refractivity contribution < 1.29 is 19.4 Å². The number of hydrogen-bond acceptors (Lipinski definition) is 3. The van der Waals surface area contributed by atoms with Gasteiger partial charge in [-0.1, -0.05) is 0 Å². The topological polar surface area (TPSA) is 63.6 Å². The molecule has 0 saturated carbocycles. The van der Waals surface area contributed by atoms with Crippen LogP contribution in [0, 0.1) is 0 Å². The molecule has 0 aromatic heterocycles. The Labute approximate surface area is 81.4 Å². The van der Waals surface area contributed by atoms with Crippen molar-refractivity contribution in [2.75, 3.05) is 13.2 Å². The van der Waals surface area contributed by atoms with Gasteiger partial charge in [-0.3, -0.25) is 0 Å². The van der Waals surface area contributed by atoms with Gasteiger partial charge in [-0.25, -0.2) is 0 Å². The molecule has 13 heavy (non-hydrogen) atoms. The van der Waals surface area contributed by atoms with Crippen LogP contribution in [0.1, 0.15) is 0 Å². The number of carboxylic acids is 1. The van der Waals surface area contributed by atoms with Crippen LogP contribution in [0.2, 0.25) is 0 Å². The van der Waals surface area contributed by atoms with Crippen molar-refractivity contribution in [1.82, 2.24) is 0 Å². The Morgan fingerprint density at radius 3 is 3.00 bits per heavy atom. The molecule has 0 amide bonds. The number of ether oxygens (including phenoxy) is 1. The third-order valence-electron chi connectivity index (χ3n) is 1.39. The molecule has 1 N–H and O–H groups in total. The number of carbonyl (C=O) groups is 2. The Morgan fingerprint density at radius 2 is 2.46 bits per heavy atom. The van der Waals surface area contributed by atoms with Gasteiger partial charge in [0.1, 0.15) is 0 Å².